The quantitative estimate of drug-likeness (QED) is 0.392. The fraction of sp³-hybridized carbons (Fsp3) is 0.423. The number of hydrogen-bond acceptors (Lipinski definition) is 5. The molecule has 0 aliphatic heterocycles. The maximum atomic E-state index is 11.6. The van der Waals surface area contributed by atoms with Crippen molar-refractivity contribution in [3.63, 3.8) is 0 Å². The van der Waals surface area contributed by atoms with Gasteiger partial charge in [0, 0.05) is 18.1 Å². The van der Waals surface area contributed by atoms with Crippen LogP contribution in [0.4, 0.5) is 0 Å². The van der Waals surface area contributed by atoms with Crippen LogP contribution in [0.15, 0.2) is 49.1 Å². The molecule has 0 saturated carbocycles. The van der Waals surface area contributed by atoms with Gasteiger partial charge in [-0.05, 0) is 47.9 Å². The number of aromatic nitrogens is 3. The number of benzene rings is 2. The van der Waals surface area contributed by atoms with Crippen molar-refractivity contribution >= 4 is 17.0 Å². The lowest BCUT2D eigenvalue weighted by molar-refractivity contribution is -0.142. The molecular formula is C26H33N3O3. The summed E-state index contributed by atoms with van der Waals surface area (Å²) in [4.78, 5) is 13.1. The van der Waals surface area contributed by atoms with Crippen LogP contribution < -0.4 is 0 Å². The minimum Gasteiger partial charge on any atom is -0.505 e. The molecule has 1 atom stereocenters. The zero-order valence-electron chi connectivity index (χ0n) is 19.8. The third-order valence-corrected chi connectivity index (χ3v) is 5.42. The summed E-state index contributed by atoms with van der Waals surface area (Å²) in [5.74, 6) is -0.400. The number of ether oxygens (including phenoxy) is 1. The van der Waals surface area contributed by atoms with E-state index in [4.69, 9.17) is 4.74 Å². The molecule has 0 bridgehead atoms. The SMILES string of the molecule is C=CC(=O)OC(C)Cc1cc(C(C)(C)CC(C)(C)C)cc(-n2nc3ccccc3n2)c1O. The van der Waals surface area contributed by atoms with Gasteiger partial charge in [0.25, 0.3) is 0 Å². The van der Waals surface area contributed by atoms with Crippen LogP contribution in [0.3, 0.4) is 0 Å². The number of rotatable bonds is 7. The van der Waals surface area contributed by atoms with Crippen molar-refractivity contribution in [2.45, 2.75) is 65.9 Å². The van der Waals surface area contributed by atoms with Crippen LogP contribution in [-0.4, -0.2) is 32.2 Å². The Balaban J connectivity index is 2.12. The lowest BCUT2D eigenvalue weighted by atomic mass is 9.72. The third-order valence-electron chi connectivity index (χ3n) is 5.42. The minimum absolute atomic E-state index is 0.0853. The van der Waals surface area contributed by atoms with E-state index >= 15 is 0 Å². The fourth-order valence-electron chi connectivity index (χ4n) is 4.37. The first kappa shape index (κ1) is 23.5. The van der Waals surface area contributed by atoms with Crippen LogP contribution in [0.5, 0.6) is 5.75 Å². The molecule has 1 unspecified atom stereocenters. The highest BCUT2D eigenvalue weighted by atomic mass is 16.5. The number of fused-ring (bicyclic) bond motifs is 1. The maximum absolute atomic E-state index is 11.6. The van der Waals surface area contributed by atoms with Crippen LogP contribution in [0.2, 0.25) is 0 Å². The molecule has 3 aromatic rings. The molecule has 6 heteroatoms. The van der Waals surface area contributed by atoms with Crippen molar-refractivity contribution < 1.29 is 14.6 Å². The number of phenolic OH excluding ortho intramolecular Hbond substituents is 1. The zero-order valence-corrected chi connectivity index (χ0v) is 19.8. The number of nitrogens with zero attached hydrogens (tertiary/aromatic N) is 3. The Morgan fingerprint density at radius 2 is 1.75 bits per heavy atom. The lowest BCUT2D eigenvalue weighted by Gasteiger charge is -2.33. The normalized spacial score (nSPS) is 13.2. The second-order valence-corrected chi connectivity index (χ2v) is 10.3. The van der Waals surface area contributed by atoms with Gasteiger partial charge in [0.15, 0.2) is 0 Å². The van der Waals surface area contributed by atoms with Gasteiger partial charge in [0.05, 0.1) is 0 Å². The first-order valence-corrected chi connectivity index (χ1v) is 10.9. The molecular weight excluding hydrogens is 402 g/mol. The molecule has 32 heavy (non-hydrogen) atoms. The summed E-state index contributed by atoms with van der Waals surface area (Å²) in [7, 11) is 0. The largest absolute Gasteiger partial charge is 0.505 e. The highest BCUT2D eigenvalue weighted by Gasteiger charge is 2.30. The average Bonchev–Trinajstić information content (AvgIpc) is 3.11. The topological polar surface area (TPSA) is 77.2 Å². The number of carbonyl (C=O) groups is 1. The van der Waals surface area contributed by atoms with Crippen molar-refractivity contribution in [2.24, 2.45) is 5.41 Å². The van der Waals surface area contributed by atoms with E-state index in [0.717, 1.165) is 29.1 Å². The highest BCUT2D eigenvalue weighted by Crippen LogP contribution is 2.40. The summed E-state index contributed by atoms with van der Waals surface area (Å²) in [5, 5.41) is 20.3. The van der Waals surface area contributed by atoms with Crippen molar-refractivity contribution in [3.05, 3.63) is 60.2 Å². The molecule has 0 amide bonds. The van der Waals surface area contributed by atoms with Crippen LogP contribution in [0.1, 0.15) is 59.1 Å². The highest BCUT2D eigenvalue weighted by molar-refractivity contribution is 5.81. The van der Waals surface area contributed by atoms with Crippen LogP contribution in [0, 0.1) is 5.41 Å². The molecule has 2 aromatic carbocycles. The summed E-state index contributed by atoms with van der Waals surface area (Å²) in [5.41, 5.74) is 3.72. The van der Waals surface area contributed by atoms with Gasteiger partial charge in [0.2, 0.25) is 0 Å². The van der Waals surface area contributed by atoms with E-state index in [2.05, 4.69) is 51.4 Å². The smallest absolute Gasteiger partial charge is 0.330 e. The third kappa shape index (κ3) is 5.36. The zero-order chi connectivity index (χ0) is 23.7. The van der Waals surface area contributed by atoms with Crippen molar-refractivity contribution in [3.8, 4) is 11.4 Å². The molecule has 1 N–H and O–H groups in total. The molecule has 0 aliphatic rings. The summed E-state index contributed by atoms with van der Waals surface area (Å²) >= 11 is 0. The first-order chi connectivity index (χ1) is 14.9. The van der Waals surface area contributed by atoms with Crippen molar-refractivity contribution in [2.75, 3.05) is 0 Å². The number of hydrogen-bond donors (Lipinski definition) is 1. The molecule has 1 aromatic heterocycles. The summed E-state index contributed by atoms with van der Waals surface area (Å²) in [6, 6.07) is 11.6. The molecule has 0 fully saturated rings. The summed E-state index contributed by atoms with van der Waals surface area (Å²) in [6.07, 6.45) is 2.02. The Hall–Kier alpha value is -3.15. The molecule has 170 valence electrons. The Labute approximate surface area is 189 Å². The van der Waals surface area contributed by atoms with Gasteiger partial charge in [-0.15, -0.1) is 15.0 Å². The Kier molecular flexibility index (Phi) is 6.44. The first-order valence-electron chi connectivity index (χ1n) is 10.9. The van der Waals surface area contributed by atoms with Crippen molar-refractivity contribution in [1.29, 1.82) is 0 Å². The second-order valence-electron chi connectivity index (χ2n) is 10.3. The summed E-state index contributed by atoms with van der Waals surface area (Å²) < 4.78 is 5.35. The minimum atomic E-state index is -0.485. The predicted molar refractivity (Wildman–Crippen MR) is 127 cm³/mol. The van der Waals surface area contributed by atoms with Gasteiger partial charge in [-0.25, -0.2) is 4.79 Å². The number of esters is 1. The van der Waals surface area contributed by atoms with Crippen molar-refractivity contribution in [1.82, 2.24) is 15.0 Å². The average molecular weight is 436 g/mol. The van der Waals surface area contributed by atoms with Crippen LogP contribution in [0.25, 0.3) is 16.7 Å². The second kappa shape index (κ2) is 8.77. The predicted octanol–water partition coefficient (Wildman–Crippen LogP) is 5.50. The van der Waals surface area contributed by atoms with E-state index in [0.29, 0.717) is 17.7 Å². The van der Waals surface area contributed by atoms with E-state index in [1.807, 2.05) is 36.4 Å². The maximum Gasteiger partial charge on any atom is 0.330 e. The van der Waals surface area contributed by atoms with Gasteiger partial charge in [-0.3, -0.25) is 0 Å². The number of phenols is 1. The van der Waals surface area contributed by atoms with Gasteiger partial charge >= 0.3 is 5.97 Å². The molecule has 1 heterocycles. The molecule has 3 rings (SSSR count). The van der Waals surface area contributed by atoms with Gasteiger partial charge in [0.1, 0.15) is 28.6 Å². The van der Waals surface area contributed by atoms with Gasteiger partial charge < -0.3 is 9.84 Å². The van der Waals surface area contributed by atoms with E-state index in [1.165, 1.54) is 4.80 Å². The van der Waals surface area contributed by atoms with E-state index < -0.39 is 12.1 Å². The molecule has 0 aliphatic carbocycles. The number of carbonyl (C=O) groups excluding carboxylic acids is 1. The fourth-order valence-corrected chi connectivity index (χ4v) is 4.37. The van der Waals surface area contributed by atoms with Crippen LogP contribution in [-0.2, 0) is 21.4 Å². The monoisotopic (exact) mass is 435 g/mol. The standard InChI is InChI=1S/C26H33N3O3/c1-8-23(30)32-17(2)13-18-14-19(26(6,7)16-25(3,4)5)15-22(24(18)31)29-27-20-11-9-10-12-21(20)28-29/h8-12,14-15,17,31H,1,13,16H2,2-7H3. The Bertz CT molecular complexity index is 1110. The Morgan fingerprint density at radius 1 is 1.16 bits per heavy atom. The Morgan fingerprint density at radius 3 is 2.28 bits per heavy atom. The van der Waals surface area contributed by atoms with Crippen LogP contribution >= 0.6 is 0 Å². The molecule has 6 nitrogen and oxygen atoms in total. The van der Waals surface area contributed by atoms with Gasteiger partial charge in [-0.2, -0.15) is 0 Å². The lowest BCUT2D eigenvalue weighted by Crippen LogP contribution is -2.25. The molecule has 0 spiro atoms. The van der Waals surface area contributed by atoms with E-state index in [9.17, 15) is 9.90 Å². The number of aromatic hydroxyl groups is 1. The van der Waals surface area contributed by atoms with Gasteiger partial charge in [-0.1, -0.05) is 59.4 Å². The molecule has 0 radical (unpaired) electrons. The van der Waals surface area contributed by atoms with E-state index in [-0.39, 0.29) is 16.6 Å². The van der Waals surface area contributed by atoms with E-state index in [1.54, 1.807) is 6.92 Å². The summed E-state index contributed by atoms with van der Waals surface area (Å²) in [6.45, 7) is 16.3. The molecule has 0 saturated heterocycles.